The van der Waals surface area contributed by atoms with Gasteiger partial charge in [-0.15, -0.1) is 0 Å². The van der Waals surface area contributed by atoms with Gasteiger partial charge in [0, 0.05) is 17.5 Å². The van der Waals surface area contributed by atoms with Crippen molar-refractivity contribution in [1.82, 2.24) is 0 Å². The fraction of sp³-hybridized carbons (Fsp3) is 0.824. The number of aryl methyl sites for hydroxylation is 1. The van der Waals surface area contributed by atoms with Crippen molar-refractivity contribution < 1.29 is 23.8 Å². The molecule has 1 aromatic carbocycles. The lowest BCUT2D eigenvalue weighted by Crippen LogP contribution is -2.32. The summed E-state index contributed by atoms with van der Waals surface area (Å²) in [6.07, 6.45) is 34.1. The Balaban J connectivity index is 2.52. The molecule has 0 heterocycles. The van der Waals surface area contributed by atoms with Gasteiger partial charge in [0.05, 0.1) is 13.2 Å². The Bertz CT molecular complexity index is 1090. The molecule has 56 heavy (non-hydrogen) atoms. The van der Waals surface area contributed by atoms with Crippen LogP contribution < -0.4 is 4.74 Å². The van der Waals surface area contributed by atoms with Crippen LogP contribution in [0.3, 0.4) is 0 Å². The smallest absolute Gasteiger partial charge is 0.347 e. The summed E-state index contributed by atoms with van der Waals surface area (Å²) < 4.78 is 18.0. The van der Waals surface area contributed by atoms with E-state index in [9.17, 15) is 9.59 Å². The molecular formula is C51H91O5. The van der Waals surface area contributed by atoms with Gasteiger partial charge in [0.1, 0.15) is 5.75 Å². The minimum atomic E-state index is -0.773. The Hall–Kier alpha value is -2.04. The highest BCUT2D eigenvalue weighted by atomic mass is 16.6. The van der Waals surface area contributed by atoms with E-state index in [1.807, 2.05) is 0 Å². The molecule has 0 spiro atoms. The summed E-state index contributed by atoms with van der Waals surface area (Å²) in [7, 11) is 0. The van der Waals surface area contributed by atoms with E-state index < -0.39 is 6.10 Å². The second-order valence-electron chi connectivity index (χ2n) is 18.8. The quantitative estimate of drug-likeness (QED) is 0.0507. The first-order valence-corrected chi connectivity index (χ1v) is 23.8. The Morgan fingerprint density at radius 2 is 0.875 bits per heavy atom. The van der Waals surface area contributed by atoms with Crippen molar-refractivity contribution in [1.29, 1.82) is 0 Å². The fourth-order valence-corrected chi connectivity index (χ4v) is 7.45. The molecule has 0 fully saturated rings. The van der Waals surface area contributed by atoms with Gasteiger partial charge in [0.25, 0.3) is 0 Å². The predicted molar refractivity (Wildman–Crippen MR) is 240 cm³/mol. The zero-order valence-corrected chi connectivity index (χ0v) is 38.4. The maximum Gasteiger partial charge on any atom is 0.347 e. The van der Waals surface area contributed by atoms with Crippen LogP contribution in [-0.2, 0) is 36.3 Å². The highest BCUT2D eigenvalue weighted by Gasteiger charge is 2.31. The Labute approximate surface area is 348 Å². The Kier molecular flexibility index (Phi) is 29.6. The lowest BCUT2D eigenvalue weighted by molar-refractivity contribution is -0.152. The van der Waals surface area contributed by atoms with Crippen molar-refractivity contribution in [2.24, 2.45) is 0 Å². The van der Waals surface area contributed by atoms with Crippen LogP contribution in [0.4, 0.5) is 0 Å². The average molecular weight is 784 g/mol. The first-order chi connectivity index (χ1) is 26.8. The molecule has 0 saturated carbocycles. The van der Waals surface area contributed by atoms with E-state index in [4.69, 9.17) is 14.2 Å². The molecule has 0 saturated heterocycles. The van der Waals surface area contributed by atoms with E-state index in [1.54, 1.807) is 0 Å². The molecule has 0 aliphatic carbocycles. The number of ether oxygens (including phenoxy) is 3. The van der Waals surface area contributed by atoms with Gasteiger partial charge in [-0.3, -0.25) is 4.79 Å². The highest BCUT2D eigenvalue weighted by molar-refractivity contribution is 5.75. The summed E-state index contributed by atoms with van der Waals surface area (Å²) in [5.74, 6) is 0.263. The molecule has 0 aromatic heterocycles. The monoisotopic (exact) mass is 784 g/mol. The number of hydrogen-bond donors (Lipinski definition) is 0. The van der Waals surface area contributed by atoms with E-state index in [2.05, 4.69) is 74.4 Å². The Morgan fingerprint density at radius 1 is 0.536 bits per heavy atom. The maximum absolute atomic E-state index is 13.2. The number of carbonyl (C=O) groups is 2. The molecule has 5 nitrogen and oxygen atoms in total. The van der Waals surface area contributed by atoms with Gasteiger partial charge in [-0.25, -0.2) is 4.79 Å². The largest absolute Gasteiger partial charge is 0.478 e. The number of hydrogen-bond acceptors (Lipinski definition) is 5. The molecule has 5 heteroatoms. The van der Waals surface area contributed by atoms with Crippen LogP contribution in [0.1, 0.15) is 252 Å². The predicted octanol–water partition coefficient (Wildman–Crippen LogP) is 15.5. The highest BCUT2D eigenvalue weighted by Crippen LogP contribution is 2.42. The minimum absolute atomic E-state index is 0.136. The molecule has 0 bridgehead atoms. The molecule has 0 aliphatic heterocycles. The van der Waals surface area contributed by atoms with Crippen LogP contribution in [0.25, 0.3) is 0 Å². The van der Waals surface area contributed by atoms with E-state index in [1.165, 1.54) is 141 Å². The summed E-state index contributed by atoms with van der Waals surface area (Å²) in [6, 6.07) is 4.31. The van der Waals surface area contributed by atoms with E-state index in [-0.39, 0.29) is 29.2 Å². The third-order valence-electron chi connectivity index (χ3n) is 11.2. The van der Waals surface area contributed by atoms with E-state index >= 15 is 0 Å². The van der Waals surface area contributed by atoms with Gasteiger partial charge in [0.2, 0.25) is 0 Å². The molecule has 0 aliphatic rings. The zero-order valence-electron chi connectivity index (χ0n) is 38.4. The zero-order chi connectivity index (χ0) is 41.5. The summed E-state index contributed by atoms with van der Waals surface area (Å²) in [4.78, 5) is 26.0. The van der Waals surface area contributed by atoms with Crippen LogP contribution in [0.5, 0.6) is 5.75 Å². The maximum atomic E-state index is 13.2. The molecule has 1 unspecified atom stereocenters. The van der Waals surface area contributed by atoms with Crippen LogP contribution in [-0.4, -0.2) is 31.3 Å². The number of unbranched alkanes of at least 4 members (excludes halogenated alkanes) is 24. The van der Waals surface area contributed by atoms with Crippen molar-refractivity contribution >= 4 is 11.9 Å². The fourth-order valence-electron chi connectivity index (χ4n) is 7.45. The summed E-state index contributed by atoms with van der Waals surface area (Å²) in [6.45, 7) is 22.5. The summed E-state index contributed by atoms with van der Waals surface area (Å²) >= 11 is 0. The van der Waals surface area contributed by atoms with E-state index in [0.717, 1.165) is 48.1 Å². The van der Waals surface area contributed by atoms with Crippen molar-refractivity contribution in [2.75, 3.05) is 13.2 Å². The minimum Gasteiger partial charge on any atom is -0.478 e. The first-order valence-electron chi connectivity index (χ1n) is 23.8. The lowest BCUT2D eigenvalue weighted by atomic mass is 9.78. The molecule has 1 rings (SSSR count). The lowest BCUT2D eigenvalue weighted by Gasteiger charge is -2.32. The van der Waals surface area contributed by atoms with Gasteiger partial charge >= 0.3 is 11.9 Å². The van der Waals surface area contributed by atoms with Crippen LogP contribution in [0, 0.1) is 6.92 Å². The molecule has 325 valence electrons. The van der Waals surface area contributed by atoms with Gasteiger partial charge < -0.3 is 14.2 Å². The molecular weight excluding hydrogens is 693 g/mol. The van der Waals surface area contributed by atoms with Gasteiger partial charge in [-0.2, -0.15) is 0 Å². The van der Waals surface area contributed by atoms with E-state index in [0.29, 0.717) is 26.1 Å². The van der Waals surface area contributed by atoms with Gasteiger partial charge in [-0.05, 0) is 49.0 Å². The number of esters is 2. The molecule has 1 radical (unpaired) electrons. The normalized spacial score (nSPS) is 12.5. The molecule has 1 atom stereocenters. The topological polar surface area (TPSA) is 61.8 Å². The molecule has 1 aromatic rings. The van der Waals surface area contributed by atoms with Crippen molar-refractivity contribution in [3.63, 3.8) is 0 Å². The molecule has 0 N–H and O–H groups in total. The summed E-state index contributed by atoms with van der Waals surface area (Å²) in [5, 5.41) is 0. The van der Waals surface area contributed by atoms with Crippen molar-refractivity contribution in [3.8, 4) is 5.75 Å². The number of benzene rings is 1. The van der Waals surface area contributed by atoms with Crippen molar-refractivity contribution in [3.05, 3.63) is 35.7 Å². The van der Waals surface area contributed by atoms with Gasteiger partial charge in [0.15, 0.2) is 6.10 Å². The van der Waals surface area contributed by atoms with Gasteiger partial charge in [-0.1, -0.05) is 222 Å². The van der Waals surface area contributed by atoms with Crippen LogP contribution in [0.2, 0.25) is 0 Å². The van der Waals surface area contributed by atoms with Crippen LogP contribution in [0.15, 0.2) is 12.1 Å². The average Bonchev–Trinajstić information content (AvgIpc) is 3.15. The summed E-state index contributed by atoms with van der Waals surface area (Å²) in [5.41, 5.74) is 2.65. The third-order valence-corrected chi connectivity index (χ3v) is 11.2. The standard InChI is InChI=1S/C51H91O5/c1-10-13-15-17-19-21-23-24-25-26-27-28-30-31-33-35-39-54-47(52)38-37-43-41-44(50(4,5)6)48(45(42-43)51(7,8)9)56-46(12-3)49(53)55-40-36-34-32-29-22-20-18-16-14-11-2/h41-42,46H,3,10-40H2,1-2,4-9H3. The number of carbonyl (C=O) groups excluding carboxylic acids is 2. The second kappa shape index (κ2) is 31.9. The first kappa shape index (κ1) is 52.0. The second-order valence-corrected chi connectivity index (χ2v) is 18.8. The van der Waals surface area contributed by atoms with Crippen molar-refractivity contribution in [2.45, 2.75) is 259 Å². The van der Waals surface area contributed by atoms with Crippen LogP contribution >= 0.6 is 0 Å². The molecule has 0 amide bonds. The Morgan fingerprint density at radius 3 is 1.21 bits per heavy atom. The third kappa shape index (κ3) is 25.3. The number of rotatable bonds is 35. The SMILES string of the molecule is [CH2]CC(Oc1c(C(C)(C)C)cc(CCC(=O)OCCCCCCCCCCCCCCCCCC)cc1C(C)(C)C)C(=O)OCCCCCCCCCCCC.